The predicted octanol–water partition coefficient (Wildman–Crippen LogP) is 0.828. The van der Waals surface area contributed by atoms with Crippen molar-refractivity contribution in [1.29, 1.82) is 0 Å². The van der Waals surface area contributed by atoms with Crippen molar-refractivity contribution in [3.05, 3.63) is 16.3 Å². The summed E-state index contributed by atoms with van der Waals surface area (Å²) in [6.07, 6.45) is 1.12. The van der Waals surface area contributed by atoms with Gasteiger partial charge in [-0.1, -0.05) is 0 Å². The lowest BCUT2D eigenvalue weighted by atomic mass is 10.3. The number of aromatic nitrogens is 2. The summed E-state index contributed by atoms with van der Waals surface area (Å²) >= 11 is 0. The molecule has 1 heterocycles. The molecule has 8 nitrogen and oxygen atoms in total. The smallest absolute Gasteiger partial charge is 0.329 e. The van der Waals surface area contributed by atoms with E-state index in [2.05, 4.69) is 9.97 Å². The van der Waals surface area contributed by atoms with Crippen LogP contribution in [-0.2, 0) is 4.74 Å². The number of hydrogen-bond donors (Lipinski definition) is 1. The Balaban J connectivity index is 3.16. The number of nitrogens with zero attached hydrogens (tertiary/aromatic N) is 4. The summed E-state index contributed by atoms with van der Waals surface area (Å²) in [5.74, 6) is 0.234. The highest BCUT2D eigenvalue weighted by Crippen LogP contribution is 2.26. The molecule has 0 aliphatic rings. The zero-order chi connectivity index (χ0) is 13.7. The van der Waals surface area contributed by atoms with Gasteiger partial charge in [0.15, 0.2) is 0 Å². The number of rotatable bonds is 6. The molecule has 1 aromatic heterocycles. The zero-order valence-corrected chi connectivity index (χ0v) is 10.7. The predicted molar refractivity (Wildman–Crippen MR) is 67.5 cm³/mol. The molecule has 0 aromatic carbocycles. The van der Waals surface area contributed by atoms with Crippen LogP contribution in [0.25, 0.3) is 0 Å². The van der Waals surface area contributed by atoms with Crippen LogP contribution in [0.1, 0.15) is 13.8 Å². The topological polar surface area (TPSA) is 107 Å². The van der Waals surface area contributed by atoms with Crippen molar-refractivity contribution in [2.75, 3.05) is 30.9 Å². The van der Waals surface area contributed by atoms with Crippen LogP contribution in [-0.4, -0.2) is 41.2 Å². The maximum Gasteiger partial charge on any atom is 0.329 e. The Morgan fingerprint density at radius 1 is 1.61 bits per heavy atom. The fourth-order valence-electron chi connectivity index (χ4n) is 1.52. The lowest BCUT2D eigenvalue weighted by Crippen LogP contribution is -2.35. The highest BCUT2D eigenvalue weighted by molar-refractivity contribution is 5.58. The Bertz CT molecular complexity index is 424. The van der Waals surface area contributed by atoms with E-state index in [4.69, 9.17) is 10.5 Å². The zero-order valence-electron chi connectivity index (χ0n) is 10.7. The van der Waals surface area contributed by atoms with E-state index < -0.39 is 4.92 Å². The molecule has 2 N–H and O–H groups in total. The molecular formula is C10H17N5O3. The lowest BCUT2D eigenvalue weighted by molar-refractivity contribution is -0.384. The normalized spacial score (nSPS) is 10.7. The third-order valence-electron chi connectivity index (χ3n) is 2.40. The third kappa shape index (κ3) is 3.27. The van der Waals surface area contributed by atoms with Crippen LogP contribution in [0.4, 0.5) is 17.5 Å². The van der Waals surface area contributed by atoms with Crippen LogP contribution in [0.3, 0.4) is 0 Å². The standard InChI is InChI=1S/C10H17N5O3/c1-7(2)14(4-5-18-3)9-8(15(16)17)6-12-10(11)13-9/h6-7H,4-5H2,1-3H3,(H2,11,12,13). The van der Waals surface area contributed by atoms with E-state index in [-0.39, 0.29) is 23.5 Å². The first-order valence-electron chi connectivity index (χ1n) is 5.49. The summed E-state index contributed by atoms with van der Waals surface area (Å²) in [6, 6.07) is 0.0353. The Morgan fingerprint density at radius 2 is 2.28 bits per heavy atom. The van der Waals surface area contributed by atoms with Gasteiger partial charge in [0.2, 0.25) is 11.8 Å². The highest BCUT2D eigenvalue weighted by Gasteiger charge is 2.24. The number of ether oxygens (including phenoxy) is 1. The molecule has 0 radical (unpaired) electrons. The van der Waals surface area contributed by atoms with Crippen LogP contribution in [0.15, 0.2) is 6.20 Å². The minimum atomic E-state index is -0.517. The van der Waals surface area contributed by atoms with Crippen LogP contribution >= 0.6 is 0 Å². The van der Waals surface area contributed by atoms with E-state index in [1.54, 1.807) is 12.0 Å². The fourth-order valence-corrected chi connectivity index (χ4v) is 1.52. The molecule has 0 amide bonds. The molecule has 0 aliphatic carbocycles. The van der Waals surface area contributed by atoms with E-state index in [1.807, 2.05) is 13.8 Å². The van der Waals surface area contributed by atoms with E-state index in [0.29, 0.717) is 13.2 Å². The van der Waals surface area contributed by atoms with Crippen molar-refractivity contribution in [3.63, 3.8) is 0 Å². The number of nitrogen functional groups attached to an aromatic ring is 1. The van der Waals surface area contributed by atoms with Crippen LogP contribution in [0.5, 0.6) is 0 Å². The Labute approximate surface area is 105 Å². The Morgan fingerprint density at radius 3 is 2.78 bits per heavy atom. The molecular weight excluding hydrogens is 238 g/mol. The number of nitro groups is 1. The van der Waals surface area contributed by atoms with Crippen molar-refractivity contribution in [1.82, 2.24) is 9.97 Å². The van der Waals surface area contributed by atoms with E-state index in [0.717, 1.165) is 6.20 Å². The van der Waals surface area contributed by atoms with Gasteiger partial charge in [0.25, 0.3) is 0 Å². The summed E-state index contributed by atoms with van der Waals surface area (Å²) in [5, 5.41) is 11.0. The van der Waals surface area contributed by atoms with E-state index in [1.165, 1.54) is 0 Å². The summed E-state index contributed by atoms with van der Waals surface area (Å²) in [5.41, 5.74) is 5.33. The average Bonchev–Trinajstić information content (AvgIpc) is 2.28. The highest BCUT2D eigenvalue weighted by atomic mass is 16.6. The molecule has 0 fully saturated rings. The van der Waals surface area contributed by atoms with Gasteiger partial charge in [-0.2, -0.15) is 4.98 Å². The molecule has 0 saturated carbocycles. The molecule has 1 rings (SSSR count). The van der Waals surface area contributed by atoms with Gasteiger partial charge >= 0.3 is 5.69 Å². The maximum atomic E-state index is 11.0. The molecule has 0 bridgehead atoms. The molecule has 8 heteroatoms. The molecule has 0 atom stereocenters. The van der Waals surface area contributed by atoms with Crippen LogP contribution in [0.2, 0.25) is 0 Å². The second-order valence-corrected chi connectivity index (χ2v) is 3.97. The summed E-state index contributed by atoms with van der Waals surface area (Å²) < 4.78 is 4.99. The molecule has 1 aromatic rings. The third-order valence-corrected chi connectivity index (χ3v) is 2.40. The minimum Gasteiger partial charge on any atom is -0.383 e. The quantitative estimate of drug-likeness (QED) is 0.592. The molecule has 0 aliphatic heterocycles. The number of anilines is 2. The van der Waals surface area contributed by atoms with Gasteiger partial charge in [-0.25, -0.2) is 4.98 Å². The molecule has 0 unspecified atom stereocenters. The average molecular weight is 255 g/mol. The van der Waals surface area contributed by atoms with Crippen LogP contribution < -0.4 is 10.6 Å². The van der Waals surface area contributed by atoms with Crippen molar-refractivity contribution >= 4 is 17.5 Å². The fraction of sp³-hybridized carbons (Fsp3) is 0.600. The molecule has 18 heavy (non-hydrogen) atoms. The largest absolute Gasteiger partial charge is 0.383 e. The Hall–Kier alpha value is -1.96. The van der Waals surface area contributed by atoms with Gasteiger partial charge in [0, 0.05) is 19.7 Å². The summed E-state index contributed by atoms with van der Waals surface area (Å²) in [7, 11) is 1.57. The summed E-state index contributed by atoms with van der Waals surface area (Å²) in [6.45, 7) is 4.76. The van der Waals surface area contributed by atoms with Gasteiger partial charge in [0.05, 0.1) is 11.5 Å². The van der Waals surface area contributed by atoms with Crippen LogP contribution in [0, 0.1) is 10.1 Å². The van der Waals surface area contributed by atoms with E-state index in [9.17, 15) is 10.1 Å². The van der Waals surface area contributed by atoms with Crippen molar-refractivity contribution in [2.45, 2.75) is 19.9 Å². The number of hydrogen-bond acceptors (Lipinski definition) is 7. The first-order valence-corrected chi connectivity index (χ1v) is 5.49. The number of methoxy groups -OCH3 is 1. The number of nitrogens with two attached hydrogens (primary N) is 1. The van der Waals surface area contributed by atoms with E-state index >= 15 is 0 Å². The SMILES string of the molecule is COCCN(c1nc(N)ncc1[N+](=O)[O-])C(C)C. The first kappa shape index (κ1) is 14.1. The monoisotopic (exact) mass is 255 g/mol. The lowest BCUT2D eigenvalue weighted by Gasteiger charge is -2.26. The minimum absolute atomic E-state index is 0.0127. The summed E-state index contributed by atoms with van der Waals surface area (Å²) in [4.78, 5) is 19.8. The second kappa shape index (κ2) is 6.10. The maximum absolute atomic E-state index is 11.0. The van der Waals surface area contributed by atoms with Crippen molar-refractivity contribution < 1.29 is 9.66 Å². The second-order valence-electron chi connectivity index (χ2n) is 3.97. The molecule has 100 valence electrons. The van der Waals surface area contributed by atoms with Gasteiger partial charge < -0.3 is 15.4 Å². The van der Waals surface area contributed by atoms with Gasteiger partial charge in [-0.3, -0.25) is 10.1 Å². The van der Waals surface area contributed by atoms with Gasteiger partial charge in [-0.15, -0.1) is 0 Å². The first-order chi connectivity index (χ1) is 8.47. The van der Waals surface area contributed by atoms with Crippen molar-refractivity contribution in [3.8, 4) is 0 Å². The molecule has 0 saturated heterocycles. The van der Waals surface area contributed by atoms with Gasteiger partial charge in [-0.05, 0) is 13.8 Å². The molecule has 0 spiro atoms. The van der Waals surface area contributed by atoms with Gasteiger partial charge in [0.1, 0.15) is 6.20 Å². The van der Waals surface area contributed by atoms with Crippen molar-refractivity contribution in [2.24, 2.45) is 0 Å². The Kier molecular flexibility index (Phi) is 4.78.